The van der Waals surface area contributed by atoms with Crippen LogP contribution in [0.25, 0.3) is 0 Å². The minimum Gasteiger partial charge on any atom is -0.398 e. The van der Waals surface area contributed by atoms with Crippen LogP contribution >= 0.6 is 0 Å². The zero-order chi connectivity index (χ0) is 14.8. The Labute approximate surface area is 120 Å². The zero-order valence-electron chi connectivity index (χ0n) is 12.0. The Morgan fingerprint density at radius 3 is 2.60 bits per heavy atom. The number of nitrogen functional groups attached to an aromatic ring is 1. The monoisotopic (exact) mass is 298 g/mol. The highest BCUT2D eigenvalue weighted by atomic mass is 32.2. The van der Waals surface area contributed by atoms with Crippen molar-refractivity contribution in [1.29, 1.82) is 0 Å². The Morgan fingerprint density at radius 1 is 1.35 bits per heavy atom. The van der Waals surface area contributed by atoms with Gasteiger partial charge in [-0.05, 0) is 42.9 Å². The molecule has 1 heterocycles. The van der Waals surface area contributed by atoms with Crippen LogP contribution < -0.4 is 10.5 Å². The molecule has 0 radical (unpaired) electrons. The van der Waals surface area contributed by atoms with E-state index in [0.29, 0.717) is 19.8 Å². The number of aryl methyl sites for hydroxylation is 1. The molecule has 0 unspecified atom stereocenters. The molecule has 5 nitrogen and oxygen atoms in total. The molecule has 0 aliphatic carbocycles. The second-order valence-corrected chi connectivity index (χ2v) is 7.52. The summed E-state index contributed by atoms with van der Waals surface area (Å²) >= 11 is 0. The molecule has 0 spiro atoms. The van der Waals surface area contributed by atoms with Crippen LogP contribution in [0.1, 0.15) is 25.3 Å². The van der Waals surface area contributed by atoms with Gasteiger partial charge in [0.05, 0.1) is 5.69 Å². The molecule has 112 valence electrons. The van der Waals surface area contributed by atoms with Gasteiger partial charge in [-0.15, -0.1) is 0 Å². The second kappa shape index (κ2) is 5.71. The van der Waals surface area contributed by atoms with E-state index in [1.165, 1.54) is 0 Å². The minimum absolute atomic E-state index is 0.0508. The lowest BCUT2D eigenvalue weighted by Crippen LogP contribution is -2.39. The van der Waals surface area contributed by atoms with E-state index < -0.39 is 10.0 Å². The summed E-state index contributed by atoms with van der Waals surface area (Å²) in [6.07, 6.45) is 1.72. The standard InChI is InChI=1S/C14H22N2O3S/c1-11-3-4-13(12(15)9-11)20(17,18)16-10-14(2)5-7-19-8-6-14/h3-4,9,16H,5-8,10,15H2,1-2H3. The number of ether oxygens (including phenoxy) is 1. The van der Waals surface area contributed by atoms with Crippen LogP contribution in [0.4, 0.5) is 5.69 Å². The van der Waals surface area contributed by atoms with Gasteiger partial charge in [0.2, 0.25) is 10.0 Å². The Balaban J connectivity index is 2.11. The summed E-state index contributed by atoms with van der Waals surface area (Å²) in [7, 11) is -3.56. The molecule has 3 N–H and O–H groups in total. The number of anilines is 1. The van der Waals surface area contributed by atoms with Gasteiger partial charge in [-0.2, -0.15) is 0 Å². The summed E-state index contributed by atoms with van der Waals surface area (Å²) in [6, 6.07) is 4.98. The number of benzene rings is 1. The third kappa shape index (κ3) is 3.50. The summed E-state index contributed by atoms with van der Waals surface area (Å²) in [5.41, 5.74) is 6.99. The number of nitrogens with two attached hydrogens (primary N) is 1. The first-order valence-electron chi connectivity index (χ1n) is 6.76. The number of sulfonamides is 1. The van der Waals surface area contributed by atoms with Crippen LogP contribution in [0.15, 0.2) is 23.1 Å². The van der Waals surface area contributed by atoms with Crippen molar-refractivity contribution in [1.82, 2.24) is 4.72 Å². The molecule has 20 heavy (non-hydrogen) atoms. The molecule has 1 fully saturated rings. The summed E-state index contributed by atoms with van der Waals surface area (Å²) in [6.45, 7) is 5.74. The van der Waals surface area contributed by atoms with E-state index in [4.69, 9.17) is 10.5 Å². The maximum atomic E-state index is 12.3. The molecule has 1 aliphatic heterocycles. The fraction of sp³-hybridized carbons (Fsp3) is 0.571. The first-order valence-corrected chi connectivity index (χ1v) is 8.24. The van der Waals surface area contributed by atoms with Crippen LogP contribution in [-0.2, 0) is 14.8 Å². The predicted molar refractivity (Wildman–Crippen MR) is 78.9 cm³/mol. The Hall–Kier alpha value is -1.11. The fourth-order valence-corrected chi connectivity index (χ4v) is 3.61. The van der Waals surface area contributed by atoms with E-state index in [2.05, 4.69) is 11.6 Å². The molecule has 0 saturated carbocycles. The molecular weight excluding hydrogens is 276 g/mol. The van der Waals surface area contributed by atoms with Crippen molar-refractivity contribution >= 4 is 15.7 Å². The van der Waals surface area contributed by atoms with E-state index in [-0.39, 0.29) is 16.0 Å². The van der Waals surface area contributed by atoms with Gasteiger partial charge in [0.25, 0.3) is 0 Å². The lowest BCUT2D eigenvalue weighted by atomic mass is 9.83. The van der Waals surface area contributed by atoms with Crippen LogP contribution in [0.3, 0.4) is 0 Å². The molecular formula is C14H22N2O3S. The second-order valence-electron chi connectivity index (χ2n) is 5.79. The van der Waals surface area contributed by atoms with Crippen molar-refractivity contribution in [3.8, 4) is 0 Å². The number of nitrogens with one attached hydrogen (secondary N) is 1. The Kier molecular flexibility index (Phi) is 4.36. The summed E-state index contributed by atoms with van der Waals surface area (Å²) in [5, 5.41) is 0. The summed E-state index contributed by atoms with van der Waals surface area (Å²) < 4.78 is 32.7. The fourth-order valence-electron chi connectivity index (χ4n) is 2.30. The Bertz CT molecular complexity index is 578. The maximum absolute atomic E-state index is 12.3. The summed E-state index contributed by atoms with van der Waals surface area (Å²) in [4.78, 5) is 0.152. The largest absolute Gasteiger partial charge is 0.398 e. The highest BCUT2D eigenvalue weighted by Gasteiger charge is 2.29. The van der Waals surface area contributed by atoms with Gasteiger partial charge < -0.3 is 10.5 Å². The average molecular weight is 298 g/mol. The number of hydrogen-bond donors (Lipinski definition) is 2. The Morgan fingerprint density at radius 2 is 2.00 bits per heavy atom. The maximum Gasteiger partial charge on any atom is 0.242 e. The quantitative estimate of drug-likeness (QED) is 0.829. The molecule has 1 aromatic carbocycles. The topological polar surface area (TPSA) is 81.4 Å². The van der Waals surface area contributed by atoms with Gasteiger partial charge in [-0.3, -0.25) is 0 Å². The molecule has 0 amide bonds. The van der Waals surface area contributed by atoms with Crippen LogP contribution in [0.5, 0.6) is 0 Å². The lowest BCUT2D eigenvalue weighted by Gasteiger charge is -2.33. The van der Waals surface area contributed by atoms with E-state index in [1.807, 2.05) is 6.92 Å². The molecule has 0 aromatic heterocycles. The molecule has 6 heteroatoms. The molecule has 1 saturated heterocycles. The molecule has 2 rings (SSSR count). The van der Waals surface area contributed by atoms with Gasteiger partial charge in [-0.25, -0.2) is 13.1 Å². The highest BCUT2D eigenvalue weighted by molar-refractivity contribution is 7.89. The molecule has 1 aromatic rings. The van der Waals surface area contributed by atoms with Crippen molar-refractivity contribution in [3.05, 3.63) is 23.8 Å². The van der Waals surface area contributed by atoms with Crippen molar-refractivity contribution in [2.45, 2.75) is 31.6 Å². The number of hydrogen-bond acceptors (Lipinski definition) is 4. The smallest absolute Gasteiger partial charge is 0.242 e. The van der Waals surface area contributed by atoms with Crippen LogP contribution in [-0.4, -0.2) is 28.2 Å². The van der Waals surface area contributed by atoms with Crippen LogP contribution in [0.2, 0.25) is 0 Å². The van der Waals surface area contributed by atoms with Gasteiger partial charge in [-0.1, -0.05) is 13.0 Å². The zero-order valence-corrected chi connectivity index (χ0v) is 12.8. The minimum atomic E-state index is -3.56. The predicted octanol–water partition coefficient (Wildman–Crippen LogP) is 1.67. The third-order valence-electron chi connectivity index (χ3n) is 3.84. The van der Waals surface area contributed by atoms with Crippen LogP contribution in [0, 0.1) is 12.3 Å². The lowest BCUT2D eigenvalue weighted by molar-refractivity contribution is 0.0265. The van der Waals surface area contributed by atoms with Gasteiger partial charge in [0, 0.05) is 19.8 Å². The molecule has 0 atom stereocenters. The summed E-state index contributed by atoms with van der Waals surface area (Å²) in [5.74, 6) is 0. The SMILES string of the molecule is Cc1ccc(S(=O)(=O)NCC2(C)CCOCC2)c(N)c1. The molecule has 1 aliphatic rings. The van der Waals surface area contributed by atoms with E-state index in [0.717, 1.165) is 18.4 Å². The first-order chi connectivity index (χ1) is 9.32. The van der Waals surface area contributed by atoms with Gasteiger partial charge in [0.1, 0.15) is 4.90 Å². The van der Waals surface area contributed by atoms with Crippen molar-refractivity contribution < 1.29 is 13.2 Å². The van der Waals surface area contributed by atoms with Crippen molar-refractivity contribution in [3.63, 3.8) is 0 Å². The van der Waals surface area contributed by atoms with Gasteiger partial charge >= 0.3 is 0 Å². The normalized spacial score (nSPS) is 18.9. The van der Waals surface area contributed by atoms with Gasteiger partial charge in [0.15, 0.2) is 0 Å². The first kappa shape index (κ1) is 15.3. The van der Waals surface area contributed by atoms with Crippen molar-refractivity contribution in [2.75, 3.05) is 25.5 Å². The third-order valence-corrected chi connectivity index (χ3v) is 5.32. The molecule has 0 bridgehead atoms. The van der Waals surface area contributed by atoms with E-state index in [1.54, 1.807) is 18.2 Å². The highest BCUT2D eigenvalue weighted by Crippen LogP contribution is 2.29. The van der Waals surface area contributed by atoms with E-state index >= 15 is 0 Å². The average Bonchev–Trinajstić information content (AvgIpc) is 2.37. The number of rotatable bonds is 4. The van der Waals surface area contributed by atoms with Crippen molar-refractivity contribution in [2.24, 2.45) is 5.41 Å². The van der Waals surface area contributed by atoms with E-state index in [9.17, 15) is 8.42 Å².